The summed E-state index contributed by atoms with van der Waals surface area (Å²) in [4.78, 5) is 21.6. The minimum atomic E-state index is -0.686. The third kappa shape index (κ3) is 6.41. The van der Waals surface area contributed by atoms with Gasteiger partial charge in [-0.1, -0.05) is 36.3 Å². The summed E-state index contributed by atoms with van der Waals surface area (Å²) in [5.41, 5.74) is 8.03. The number of hydrogen-bond acceptors (Lipinski definition) is 6. The molecule has 1 N–H and O–H groups in total. The van der Waals surface area contributed by atoms with Crippen LogP contribution >= 0.6 is 0 Å². The topological polar surface area (TPSA) is 74.6 Å². The van der Waals surface area contributed by atoms with Gasteiger partial charge in [0.2, 0.25) is 0 Å². The standard InChI is InChI=1S/C28H37N3O4/c1-4-23-16-24(6-7-25(23)17-30-10-9-26(18-30)28(32)33)21(3)29-35-19-22-5-8-27(20(2)15-22)31-11-13-34-14-12-31/h5-8,15-16,26H,4,9-14,17-19H2,1-3H3,(H,32,33). The number of morpholine rings is 1. The molecule has 0 radical (unpaired) electrons. The van der Waals surface area contributed by atoms with Crippen LogP contribution in [-0.4, -0.2) is 61.1 Å². The molecule has 0 bridgehead atoms. The lowest BCUT2D eigenvalue weighted by atomic mass is 9.99. The van der Waals surface area contributed by atoms with Gasteiger partial charge in [-0.2, -0.15) is 0 Å². The summed E-state index contributed by atoms with van der Waals surface area (Å²) in [6.07, 6.45) is 1.65. The summed E-state index contributed by atoms with van der Waals surface area (Å²) in [5.74, 6) is -0.932. The quantitative estimate of drug-likeness (QED) is 0.428. The van der Waals surface area contributed by atoms with Crippen molar-refractivity contribution >= 4 is 17.4 Å². The summed E-state index contributed by atoms with van der Waals surface area (Å²) in [6.45, 7) is 12.4. The van der Waals surface area contributed by atoms with Gasteiger partial charge < -0.3 is 19.6 Å². The molecule has 0 aromatic heterocycles. The van der Waals surface area contributed by atoms with E-state index in [1.165, 1.54) is 22.4 Å². The first-order chi connectivity index (χ1) is 16.9. The van der Waals surface area contributed by atoms with Crippen molar-refractivity contribution < 1.29 is 19.5 Å². The molecule has 2 heterocycles. The Bertz CT molecular complexity index is 1060. The second-order valence-electron chi connectivity index (χ2n) is 9.57. The van der Waals surface area contributed by atoms with E-state index in [9.17, 15) is 9.90 Å². The summed E-state index contributed by atoms with van der Waals surface area (Å²) in [7, 11) is 0. The van der Waals surface area contributed by atoms with Crippen molar-refractivity contribution in [3.8, 4) is 0 Å². The molecule has 0 aliphatic carbocycles. The average molecular weight is 480 g/mol. The molecule has 7 heteroatoms. The highest BCUT2D eigenvalue weighted by molar-refractivity contribution is 5.98. The predicted molar refractivity (Wildman–Crippen MR) is 138 cm³/mol. The summed E-state index contributed by atoms with van der Waals surface area (Å²) >= 11 is 0. The molecule has 2 aliphatic rings. The fraction of sp³-hybridized carbons (Fsp3) is 0.500. The molecule has 2 aromatic rings. The van der Waals surface area contributed by atoms with Crippen molar-refractivity contribution in [1.82, 2.24) is 4.90 Å². The Hall–Kier alpha value is -2.90. The van der Waals surface area contributed by atoms with E-state index in [1.54, 1.807) is 0 Å². The molecular weight excluding hydrogens is 442 g/mol. The number of hydrogen-bond donors (Lipinski definition) is 1. The molecule has 0 saturated carbocycles. The Labute approximate surface area is 208 Å². The second kappa shape index (κ2) is 11.7. The van der Waals surface area contributed by atoms with Gasteiger partial charge in [0, 0.05) is 31.9 Å². The van der Waals surface area contributed by atoms with Crippen LogP contribution in [-0.2, 0) is 33.9 Å². The minimum absolute atomic E-state index is 0.245. The monoisotopic (exact) mass is 479 g/mol. The van der Waals surface area contributed by atoms with Gasteiger partial charge in [-0.3, -0.25) is 9.69 Å². The highest BCUT2D eigenvalue weighted by Crippen LogP contribution is 2.24. The molecular formula is C28H37N3O4. The van der Waals surface area contributed by atoms with Crippen LogP contribution in [0.15, 0.2) is 41.6 Å². The van der Waals surface area contributed by atoms with E-state index >= 15 is 0 Å². The smallest absolute Gasteiger partial charge is 0.307 e. The van der Waals surface area contributed by atoms with Gasteiger partial charge in [0.05, 0.1) is 24.8 Å². The van der Waals surface area contributed by atoms with Crippen molar-refractivity contribution in [2.45, 2.75) is 46.8 Å². The van der Waals surface area contributed by atoms with Crippen LogP contribution in [0.4, 0.5) is 5.69 Å². The van der Waals surface area contributed by atoms with Crippen LogP contribution < -0.4 is 4.90 Å². The zero-order valence-electron chi connectivity index (χ0n) is 21.1. The van der Waals surface area contributed by atoms with Crippen LogP contribution in [0.25, 0.3) is 0 Å². The fourth-order valence-electron chi connectivity index (χ4n) is 4.98. The van der Waals surface area contributed by atoms with E-state index in [0.29, 0.717) is 13.2 Å². The van der Waals surface area contributed by atoms with Gasteiger partial charge in [0.15, 0.2) is 0 Å². The maximum Gasteiger partial charge on any atom is 0.307 e. The summed E-state index contributed by atoms with van der Waals surface area (Å²) in [5, 5.41) is 13.6. The zero-order valence-corrected chi connectivity index (χ0v) is 21.1. The fourth-order valence-corrected chi connectivity index (χ4v) is 4.98. The molecule has 2 fully saturated rings. The van der Waals surface area contributed by atoms with Crippen LogP contribution in [0.3, 0.4) is 0 Å². The number of anilines is 1. The normalized spacial score (nSPS) is 19.2. The molecule has 2 aromatic carbocycles. The lowest BCUT2D eigenvalue weighted by Gasteiger charge is -2.30. The Morgan fingerprint density at radius 3 is 2.63 bits per heavy atom. The summed E-state index contributed by atoms with van der Waals surface area (Å²) in [6, 6.07) is 12.9. The van der Waals surface area contributed by atoms with E-state index in [4.69, 9.17) is 9.57 Å². The van der Waals surface area contributed by atoms with Crippen LogP contribution in [0, 0.1) is 12.8 Å². The van der Waals surface area contributed by atoms with Gasteiger partial charge >= 0.3 is 5.97 Å². The number of carboxylic acids is 1. The zero-order chi connectivity index (χ0) is 24.8. The molecule has 1 unspecified atom stereocenters. The van der Waals surface area contributed by atoms with E-state index in [1.807, 2.05) is 6.92 Å². The van der Waals surface area contributed by atoms with Crippen molar-refractivity contribution in [3.63, 3.8) is 0 Å². The van der Waals surface area contributed by atoms with Crippen LogP contribution in [0.5, 0.6) is 0 Å². The highest BCUT2D eigenvalue weighted by atomic mass is 16.6. The van der Waals surface area contributed by atoms with Crippen LogP contribution in [0.1, 0.15) is 48.1 Å². The SMILES string of the molecule is CCc1cc(C(C)=NOCc2ccc(N3CCOCC3)c(C)c2)ccc1CN1CCC(C(=O)O)C1. The first-order valence-corrected chi connectivity index (χ1v) is 12.6. The van der Waals surface area contributed by atoms with Crippen molar-refractivity contribution in [2.75, 3.05) is 44.3 Å². The molecule has 4 rings (SSSR count). The first-order valence-electron chi connectivity index (χ1n) is 12.6. The number of oxime groups is 1. The number of ether oxygens (including phenoxy) is 1. The van der Waals surface area contributed by atoms with E-state index in [2.05, 4.69) is 65.2 Å². The predicted octanol–water partition coefficient (Wildman–Crippen LogP) is 4.24. The third-order valence-electron chi connectivity index (χ3n) is 7.07. The van der Waals surface area contributed by atoms with E-state index in [-0.39, 0.29) is 5.92 Å². The number of aliphatic carboxylic acids is 1. The second-order valence-corrected chi connectivity index (χ2v) is 9.57. The molecule has 7 nitrogen and oxygen atoms in total. The van der Waals surface area contributed by atoms with Gasteiger partial charge in [0.1, 0.15) is 6.61 Å². The number of carboxylic acid groups (broad SMARTS) is 1. The molecule has 1 atom stereocenters. The Kier molecular flexibility index (Phi) is 8.42. The lowest BCUT2D eigenvalue weighted by Crippen LogP contribution is -2.36. The van der Waals surface area contributed by atoms with Gasteiger partial charge in [-0.05, 0) is 73.2 Å². The molecule has 2 saturated heterocycles. The average Bonchev–Trinajstić information content (AvgIpc) is 3.34. The molecule has 0 amide bonds. The molecule has 188 valence electrons. The largest absolute Gasteiger partial charge is 0.481 e. The van der Waals surface area contributed by atoms with E-state index < -0.39 is 5.97 Å². The number of benzene rings is 2. The minimum Gasteiger partial charge on any atom is -0.481 e. The van der Waals surface area contributed by atoms with Crippen molar-refractivity contribution in [2.24, 2.45) is 11.1 Å². The third-order valence-corrected chi connectivity index (χ3v) is 7.07. The Morgan fingerprint density at radius 1 is 1.14 bits per heavy atom. The maximum atomic E-state index is 11.3. The Balaban J connectivity index is 1.35. The van der Waals surface area contributed by atoms with Crippen LogP contribution in [0.2, 0.25) is 0 Å². The van der Waals surface area contributed by atoms with Gasteiger partial charge in [0.25, 0.3) is 0 Å². The maximum absolute atomic E-state index is 11.3. The summed E-state index contributed by atoms with van der Waals surface area (Å²) < 4.78 is 5.46. The number of nitrogens with zero attached hydrogens (tertiary/aromatic N) is 3. The highest BCUT2D eigenvalue weighted by Gasteiger charge is 2.28. The van der Waals surface area contributed by atoms with Crippen molar-refractivity contribution in [1.29, 1.82) is 0 Å². The lowest BCUT2D eigenvalue weighted by molar-refractivity contribution is -0.141. The first kappa shape index (κ1) is 25.2. The van der Waals surface area contributed by atoms with E-state index in [0.717, 1.165) is 69.1 Å². The number of rotatable bonds is 9. The molecule has 35 heavy (non-hydrogen) atoms. The van der Waals surface area contributed by atoms with Gasteiger partial charge in [-0.15, -0.1) is 0 Å². The number of carbonyl (C=O) groups is 1. The number of likely N-dealkylation sites (tertiary alicyclic amines) is 1. The molecule has 0 spiro atoms. The number of aryl methyl sites for hydroxylation is 2. The Morgan fingerprint density at radius 2 is 1.94 bits per heavy atom. The van der Waals surface area contributed by atoms with Crippen molar-refractivity contribution in [3.05, 3.63) is 64.2 Å². The molecule has 2 aliphatic heterocycles. The van der Waals surface area contributed by atoms with Gasteiger partial charge in [-0.25, -0.2) is 0 Å².